The minimum atomic E-state index is 0.640. The Labute approximate surface area is 120 Å². The molecule has 2 heterocycles. The monoisotopic (exact) mass is 257 g/mol. The summed E-state index contributed by atoms with van der Waals surface area (Å²) in [5.41, 5.74) is 1.36. The van der Waals surface area contributed by atoms with E-state index in [4.69, 9.17) is 0 Å². The summed E-state index contributed by atoms with van der Waals surface area (Å²) in [5.74, 6) is 5.05. The van der Waals surface area contributed by atoms with Crippen LogP contribution in [-0.2, 0) is 0 Å². The first-order valence-corrected chi connectivity index (χ1v) is 8.89. The summed E-state index contributed by atoms with van der Waals surface area (Å²) in [6.07, 6.45) is 12.2. The zero-order valence-electron chi connectivity index (χ0n) is 13.1. The molecule has 19 heavy (non-hydrogen) atoms. The van der Waals surface area contributed by atoms with E-state index in [0.717, 1.165) is 34.8 Å². The van der Waals surface area contributed by atoms with Gasteiger partial charge in [0, 0.05) is 0 Å². The van der Waals surface area contributed by atoms with Crippen molar-refractivity contribution in [2.45, 2.75) is 83.8 Å². The predicted octanol–water partition coefficient (Wildman–Crippen LogP) is 5.32. The van der Waals surface area contributed by atoms with Crippen LogP contribution < -0.4 is 0 Å². The predicted molar refractivity (Wildman–Crippen MR) is 82.5 cm³/mol. The maximum absolute atomic E-state index is 2.74. The summed E-state index contributed by atoms with van der Waals surface area (Å²) in [6, 6.07) is 0. The first-order chi connectivity index (χ1) is 9.04. The second kappa shape index (κ2) is 4.04. The Hall–Kier alpha value is 0.0649. The highest BCUT2D eigenvalue weighted by Gasteiger charge is 2.67. The summed E-state index contributed by atoms with van der Waals surface area (Å²) in [5, 5.41) is 0. The molecule has 3 aliphatic carbocycles. The lowest BCUT2D eigenvalue weighted by atomic mass is 9.29. The Morgan fingerprint density at radius 1 is 0.895 bits per heavy atom. The minimum absolute atomic E-state index is 0.640. The molecule has 5 atom stereocenters. The number of fused-ring (bicyclic) bond motifs is 4. The van der Waals surface area contributed by atoms with Crippen molar-refractivity contribution in [1.29, 1.82) is 0 Å². The lowest BCUT2D eigenvalue weighted by Gasteiger charge is -2.73. The van der Waals surface area contributed by atoms with Crippen molar-refractivity contribution in [2.24, 2.45) is 28.6 Å². The summed E-state index contributed by atoms with van der Waals surface area (Å²) < 4.78 is 0. The summed E-state index contributed by atoms with van der Waals surface area (Å²) in [7, 11) is 2.74. The van der Waals surface area contributed by atoms with Gasteiger partial charge in [0.25, 0.3) is 0 Å². The molecule has 2 aliphatic heterocycles. The van der Waals surface area contributed by atoms with E-state index in [1.807, 2.05) is 0 Å². The van der Waals surface area contributed by atoms with Crippen LogP contribution in [0.3, 0.4) is 0 Å². The van der Waals surface area contributed by atoms with Gasteiger partial charge in [-0.1, -0.05) is 64.5 Å². The molecule has 1 heteroatoms. The van der Waals surface area contributed by atoms with Gasteiger partial charge in [-0.25, -0.2) is 0 Å². The van der Waals surface area contributed by atoms with E-state index in [-0.39, 0.29) is 0 Å². The number of rotatable bonds is 1. The van der Waals surface area contributed by atoms with Crippen molar-refractivity contribution in [3.8, 4) is 0 Å². The number of hydrogen-bond donors (Lipinski definition) is 0. The minimum Gasteiger partial charge on any atom is -0.0683 e. The molecule has 0 spiro atoms. The molecule has 1 radical (unpaired) electrons. The van der Waals surface area contributed by atoms with Crippen molar-refractivity contribution >= 4 is 7.28 Å². The van der Waals surface area contributed by atoms with Crippen molar-refractivity contribution in [2.75, 3.05) is 0 Å². The third kappa shape index (κ3) is 1.54. The molecular formula is C18H30B. The van der Waals surface area contributed by atoms with Crippen molar-refractivity contribution in [3.05, 3.63) is 0 Å². The molecule has 0 N–H and O–H groups in total. The molecule has 0 aromatic heterocycles. The van der Waals surface area contributed by atoms with Crippen molar-refractivity contribution in [3.63, 3.8) is 0 Å². The van der Waals surface area contributed by atoms with Gasteiger partial charge in [0.05, 0.1) is 0 Å². The van der Waals surface area contributed by atoms with E-state index < -0.39 is 0 Å². The van der Waals surface area contributed by atoms with Crippen LogP contribution >= 0.6 is 0 Å². The zero-order chi connectivity index (χ0) is 13.3. The van der Waals surface area contributed by atoms with Crippen LogP contribution in [-0.4, -0.2) is 7.28 Å². The van der Waals surface area contributed by atoms with E-state index in [9.17, 15) is 0 Å². The first-order valence-electron chi connectivity index (χ1n) is 8.89. The van der Waals surface area contributed by atoms with Crippen molar-refractivity contribution in [1.82, 2.24) is 0 Å². The average molecular weight is 257 g/mol. The number of hydrogen-bond acceptors (Lipinski definition) is 0. The van der Waals surface area contributed by atoms with Gasteiger partial charge in [-0.2, -0.15) is 0 Å². The molecule has 5 aliphatic rings. The molecule has 4 bridgehead atoms. The quantitative estimate of drug-likeness (QED) is 0.557. The molecule has 0 aromatic rings. The fourth-order valence-electron chi connectivity index (χ4n) is 7.14. The molecule has 2 saturated heterocycles. The standard InChI is InChI=1S/C18H30B/c1-12-7-8-13-11-18(12,17(13,2)3)14-9-15-5-4-6-16(10-14)19-15/h12-16H,4-11H2,1-3H3. The van der Waals surface area contributed by atoms with E-state index >= 15 is 0 Å². The van der Waals surface area contributed by atoms with Crippen LogP contribution in [0.2, 0.25) is 11.6 Å². The molecule has 3 saturated carbocycles. The van der Waals surface area contributed by atoms with E-state index in [1.54, 1.807) is 6.42 Å². The highest BCUT2D eigenvalue weighted by Crippen LogP contribution is 2.75. The summed E-state index contributed by atoms with van der Waals surface area (Å²) >= 11 is 0. The van der Waals surface area contributed by atoms with Gasteiger partial charge in [-0.15, -0.1) is 0 Å². The molecule has 105 valence electrons. The summed E-state index contributed by atoms with van der Waals surface area (Å²) in [4.78, 5) is 0. The Morgan fingerprint density at radius 2 is 1.58 bits per heavy atom. The normalized spacial score (nSPS) is 55.0. The highest BCUT2D eigenvalue weighted by molar-refractivity contribution is 6.40. The smallest absolute Gasteiger partial charge is 0.0683 e. The maximum atomic E-state index is 2.74. The summed E-state index contributed by atoms with van der Waals surface area (Å²) in [6.45, 7) is 7.82. The second-order valence-corrected chi connectivity index (χ2v) is 8.95. The molecule has 0 amide bonds. The van der Waals surface area contributed by atoms with Gasteiger partial charge < -0.3 is 0 Å². The third-order valence-corrected chi connectivity index (χ3v) is 8.23. The zero-order valence-corrected chi connectivity index (χ0v) is 13.1. The van der Waals surface area contributed by atoms with Crippen LogP contribution in [0.5, 0.6) is 0 Å². The lowest BCUT2D eigenvalue weighted by Crippen LogP contribution is -2.65. The van der Waals surface area contributed by atoms with Crippen LogP contribution in [0.1, 0.15) is 72.1 Å². The Morgan fingerprint density at radius 3 is 2.16 bits per heavy atom. The molecule has 5 fully saturated rings. The highest BCUT2D eigenvalue weighted by atomic mass is 14.7. The van der Waals surface area contributed by atoms with Crippen molar-refractivity contribution < 1.29 is 0 Å². The topological polar surface area (TPSA) is 0 Å². The fraction of sp³-hybridized carbons (Fsp3) is 1.00. The Kier molecular flexibility index (Phi) is 2.72. The fourth-order valence-corrected chi connectivity index (χ4v) is 7.14. The first kappa shape index (κ1) is 12.8. The van der Waals surface area contributed by atoms with Crippen LogP contribution in [0.15, 0.2) is 0 Å². The Balaban J connectivity index is 1.63. The lowest BCUT2D eigenvalue weighted by molar-refractivity contribution is -0.231. The molecule has 5 unspecified atom stereocenters. The van der Waals surface area contributed by atoms with Crippen LogP contribution in [0.25, 0.3) is 0 Å². The molecule has 0 aromatic carbocycles. The van der Waals surface area contributed by atoms with E-state index in [2.05, 4.69) is 28.1 Å². The van der Waals surface area contributed by atoms with Gasteiger partial charge in [0.1, 0.15) is 7.28 Å². The van der Waals surface area contributed by atoms with Gasteiger partial charge in [-0.05, 0) is 47.8 Å². The average Bonchev–Trinajstić information content (AvgIpc) is 2.37. The SMILES string of the molecule is CC1CCC2CC1(C1CC3[B]C(CCC3)C1)C2(C)C. The maximum Gasteiger partial charge on any atom is 0.117 e. The largest absolute Gasteiger partial charge is 0.117 e. The third-order valence-electron chi connectivity index (χ3n) is 8.23. The Bertz CT molecular complexity index is 362. The van der Waals surface area contributed by atoms with Gasteiger partial charge in [0.15, 0.2) is 0 Å². The van der Waals surface area contributed by atoms with Gasteiger partial charge in [0.2, 0.25) is 0 Å². The van der Waals surface area contributed by atoms with E-state index in [1.165, 1.54) is 44.9 Å². The van der Waals surface area contributed by atoms with Gasteiger partial charge in [-0.3, -0.25) is 0 Å². The molecule has 0 nitrogen and oxygen atoms in total. The van der Waals surface area contributed by atoms with E-state index in [0.29, 0.717) is 5.41 Å². The second-order valence-electron chi connectivity index (χ2n) is 8.95. The van der Waals surface area contributed by atoms with Crippen LogP contribution in [0, 0.1) is 28.6 Å². The molecule has 5 rings (SSSR count). The van der Waals surface area contributed by atoms with Gasteiger partial charge >= 0.3 is 0 Å². The molecular weight excluding hydrogens is 227 g/mol. The van der Waals surface area contributed by atoms with Crippen LogP contribution in [0.4, 0.5) is 0 Å².